The lowest BCUT2D eigenvalue weighted by molar-refractivity contribution is 0.164. The number of benzene rings is 1. The number of hydrogen-bond acceptors (Lipinski definition) is 6. The quantitative estimate of drug-likeness (QED) is 0.873. The predicted octanol–water partition coefficient (Wildman–Crippen LogP) is 1.71. The summed E-state index contributed by atoms with van der Waals surface area (Å²) in [6.07, 6.45) is 0.793. The highest BCUT2D eigenvalue weighted by atomic mass is 19.1. The maximum atomic E-state index is 13.1. The third-order valence-corrected chi connectivity index (χ3v) is 4.01. The lowest BCUT2D eigenvalue weighted by atomic mass is 10.0. The zero-order valence-electron chi connectivity index (χ0n) is 13.0. The van der Waals surface area contributed by atoms with E-state index in [1.165, 1.54) is 12.1 Å². The first-order chi connectivity index (χ1) is 11.2. The van der Waals surface area contributed by atoms with Gasteiger partial charge in [0.2, 0.25) is 5.89 Å². The van der Waals surface area contributed by atoms with E-state index in [4.69, 9.17) is 9.26 Å². The van der Waals surface area contributed by atoms with E-state index >= 15 is 0 Å². The molecule has 1 saturated heterocycles. The van der Waals surface area contributed by atoms with Gasteiger partial charge >= 0.3 is 0 Å². The number of ether oxygens (including phenoxy) is 1. The van der Waals surface area contributed by atoms with Crippen molar-refractivity contribution in [1.82, 2.24) is 15.0 Å². The average Bonchev–Trinajstić information content (AvgIpc) is 3.13. The van der Waals surface area contributed by atoms with Gasteiger partial charge in [-0.2, -0.15) is 4.98 Å². The van der Waals surface area contributed by atoms with E-state index in [2.05, 4.69) is 15.0 Å². The Balaban J connectivity index is 1.69. The van der Waals surface area contributed by atoms with Gasteiger partial charge < -0.3 is 14.4 Å². The van der Waals surface area contributed by atoms with Gasteiger partial charge in [0.1, 0.15) is 5.82 Å². The van der Waals surface area contributed by atoms with Crippen LogP contribution in [0.15, 0.2) is 28.8 Å². The van der Waals surface area contributed by atoms with E-state index in [-0.39, 0.29) is 11.9 Å². The molecule has 124 valence electrons. The van der Waals surface area contributed by atoms with Crippen molar-refractivity contribution in [3.8, 4) is 0 Å². The highest BCUT2D eigenvalue weighted by Gasteiger charge is 2.33. The first-order valence-electron chi connectivity index (χ1n) is 7.63. The Morgan fingerprint density at radius 1 is 1.39 bits per heavy atom. The molecule has 1 N–H and O–H groups in total. The molecule has 23 heavy (non-hydrogen) atoms. The topological polar surface area (TPSA) is 71.6 Å². The molecule has 1 aliphatic heterocycles. The first-order valence-corrected chi connectivity index (χ1v) is 7.63. The molecule has 0 spiro atoms. The number of hydrogen-bond donors (Lipinski definition) is 1. The largest absolute Gasteiger partial charge is 0.392 e. The summed E-state index contributed by atoms with van der Waals surface area (Å²) in [5.74, 6) is 0.857. The molecule has 0 aliphatic carbocycles. The van der Waals surface area contributed by atoms with E-state index in [9.17, 15) is 9.50 Å². The second-order valence-electron chi connectivity index (χ2n) is 5.73. The van der Waals surface area contributed by atoms with Crippen molar-refractivity contribution in [2.75, 3.05) is 20.3 Å². The Morgan fingerprint density at radius 2 is 2.17 bits per heavy atom. The molecule has 1 aromatic carbocycles. The number of aliphatic hydroxyl groups is 1. The van der Waals surface area contributed by atoms with Crippen LogP contribution in [0.3, 0.4) is 0 Å². The Labute approximate surface area is 133 Å². The Bertz CT molecular complexity index is 632. The SMILES string of the molecule is COCCc1noc(CN2C[C@H](O)C[C@@H]2c2ccc(F)cc2)n1. The van der Waals surface area contributed by atoms with Gasteiger partial charge in [-0.1, -0.05) is 17.3 Å². The van der Waals surface area contributed by atoms with Crippen molar-refractivity contribution in [2.45, 2.75) is 31.5 Å². The van der Waals surface area contributed by atoms with Crippen LogP contribution in [-0.2, 0) is 17.7 Å². The number of rotatable bonds is 6. The Morgan fingerprint density at radius 3 is 2.91 bits per heavy atom. The van der Waals surface area contributed by atoms with Crippen LogP contribution < -0.4 is 0 Å². The van der Waals surface area contributed by atoms with Gasteiger partial charge in [0.25, 0.3) is 0 Å². The molecule has 2 heterocycles. The molecule has 0 saturated carbocycles. The van der Waals surface area contributed by atoms with Gasteiger partial charge in [0.05, 0.1) is 19.3 Å². The van der Waals surface area contributed by atoms with E-state index in [0.717, 1.165) is 5.56 Å². The van der Waals surface area contributed by atoms with E-state index < -0.39 is 6.10 Å². The van der Waals surface area contributed by atoms with Gasteiger partial charge in [-0.15, -0.1) is 0 Å². The summed E-state index contributed by atoms with van der Waals surface area (Å²) in [7, 11) is 1.62. The molecule has 2 aromatic rings. The molecule has 1 fully saturated rings. The molecule has 3 rings (SSSR count). The minimum atomic E-state index is -0.416. The Kier molecular flexibility index (Phi) is 5.00. The monoisotopic (exact) mass is 321 g/mol. The van der Waals surface area contributed by atoms with Crippen LogP contribution in [0, 0.1) is 5.82 Å². The fraction of sp³-hybridized carbons (Fsp3) is 0.500. The molecule has 1 aliphatic rings. The molecule has 7 heteroatoms. The minimum absolute atomic E-state index is 0.0138. The zero-order valence-corrected chi connectivity index (χ0v) is 13.0. The number of methoxy groups -OCH3 is 1. The van der Waals surface area contributed by atoms with Crippen LogP contribution in [0.25, 0.3) is 0 Å². The van der Waals surface area contributed by atoms with Gasteiger partial charge in [-0.05, 0) is 24.1 Å². The molecular formula is C16H20FN3O3. The van der Waals surface area contributed by atoms with Crippen LogP contribution >= 0.6 is 0 Å². The molecule has 2 atom stereocenters. The second-order valence-corrected chi connectivity index (χ2v) is 5.73. The fourth-order valence-electron chi connectivity index (χ4n) is 2.91. The van der Waals surface area contributed by atoms with Crippen molar-refractivity contribution in [3.63, 3.8) is 0 Å². The van der Waals surface area contributed by atoms with E-state index in [1.807, 2.05) is 0 Å². The lowest BCUT2D eigenvalue weighted by Crippen LogP contribution is -2.24. The summed E-state index contributed by atoms with van der Waals surface area (Å²) in [6.45, 7) is 1.52. The van der Waals surface area contributed by atoms with Crippen molar-refractivity contribution in [2.24, 2.45) is 0 Å². The fourth-order valence-corrected chi connectivity index (χ4v) is 2.91. The van der Waals surface area contributed by atoms with Crippen LogP contribution in [0.1, 0.15) is 29.7 Å². The Hall–Kier alpha value is -1.83. The number of β-amino-alcohol motifs (C(OH)–C–C–N with tert-alkyl or cyclic N) is 1. The summed E-state index contributed by atoms with van der Waals surface area (Å²) < 4.78 is 23.3. The molecular weight excluding hydrogens is 301 g/mol. The van der Waals surface area contributed by atoms with Crippen LogP contribution in [0.2, 0.25) is 0 Å². The molecule has 0 radical (unpaired) electrons. The summed E-state index contributed by atoms with van der Waals surface area (Å²) in [4.78, 5) is 6.41. The lowest BCUT2D eigenvalue weighted by Gasteiger charge is -2.22. The standard InChI is InChI=1S/C16H20FN3O3/c1-22-7-6-15-18-16(23-19-15)10-20-9-13(21)8-14(20)11-2-4-12(17)5-3-11/h2-5,13-14,21H,6-10H2,1H3/t13-,14-/m1/s1. The molecule has 0 amide bonds. The van der Waals surface area contributed by atoms with Gasteiger partial charge in [0.15, 0.2) is 5.82 Å². The number of halogens is 1. The smallest absolute Gasteiger partial charge is 0.240 e. The normalized spacial score (nSPS) is 21.9. The number of likely N-dealkylation sites (tertiary alicyclic amines) is 1. The molecule has 0 unspecified atom stereocenters. The molecule has 1 aromatic heterocycles. The molecule has 6 nitrogen and oxygen atoms in total. The van der Waals surface area contributed by atoms with Crippen LogP contribution in [0.4, 0.5) is 4.39 Å². The maximum absolute atomic E-state index is 13.1. The van der Waals surface area contributed by atoms with Crippen molar-refractivity contribution >= 4 is 0 Å². The van der Waals surface area contributed by atoms with Gasteiger partial charge in [-0.3, -0.25) is 4.90 Å². The summed E-state index contributed by atoms with van der Waals surface area (Å²) in [6, 6.07) is 6.40. The van der Waals surface area contributed by atoms with Crippen molar-refractivity contribution in [3.05, 3.63) is 47.4 Å². The summed E-state index contributed by atoms with van der Waals surface area (Å²) in [5, 5.41) is 13.9. The summed E-state index contributed by atoms with van der Waals surface area (Å²) in [5.41, 5.74) is 0.974. The molecule has 0 bridgehead atoms. The zero-order chi connectivity index (χ0) is 16.2. The van der Waals surface area contributed by atoms with Crippen molar-refractivity contribution < 1.29 is 18.8 Å². The average molecular weight is 321 g/mol. The van der Waals surface area contributed by atoms with E-state index in [0.29, 0.717) is 44.3 Å². The number of aromatic nitrogens is 2. The minimum Gasteiger partial charge on any atom is -0.392 e. The number of nitrogens with zero attached hydrogens (tertiary/aromatic N) is 3. The second kappa shape index (κ2) is 7.16. The number of aliphatic hydroxyl groups excluding tert-OH is 1. The van der Waals surface area contributed by atoms with Crippen LogP contribution in [-0.4, -0.2) is 46.5 Å². The van der Waals surface area contributed by atoms with Crippen molar-refractivity contribution in [1.29, 1.82) is 0 Å². The third-order valence-electron chi connectivity index (χ3n) is 4.01. The van der Waals surface area contributed by atoms with E-state index in [1.54, 1.807) is 19.2 Å². The highest BCUT2D eigenvalue weighted by Crippen LogP contribution is 2.33. The predicted molar refractivity (Wildman–Crippen MR) is 80.1 cm³/mol. The first kappa shape index (κ1) is 16.0. The third kappa shape index (κ3) is 3.93. The van der Waals surface area contributed by atoms with Crippen LogP contribution in [0.5, 0.6) is 0 Å². The highest BCUT2D eigenvalue weighted by molar-refractivity contribution is 5.21. The summed E-state index contributed by atoms with van der Waals surface area (Å²) >= 11 is 0. The maximum Gasteiger partial charge on any atom is 0.240 e. The van der Waals surface area contributed by atoms with Gasteiger partial charge in [-0.25, -0.2) is 4.39 Å². The van der Waals surface area contributed by atoms with Gasteiger partial charge in [0, 0.05) is 26.1 Å².